The highest BCUT2D eigenvalue weighted by Gasteiger charge is 2.38. The van der Waals surface area contributed by atoms with Gasteiger partial charge in [0.25, 0.3) is 0 Å². The molecule has 0 radical (unpaired) electrons. The molecule has 1 aliphatic carbocycles. The Kier molecular flexibility index (Phi) is 5.12. The fourth-order valence-corrected chi connectivity index (χ4v) is 4.02. The molecular weight excluding hydrogens is 413 g/mol. The van der Waals surface area contributed by atoms with Gasteiger partial charge in [0.1, 0.15) is 17.2 Å². The Morgan fingerprint density at radius 1 is 1.16 bits per heavy atom. The van der Waals surface area contributed by atoms with E-state index in [2.05, 4.69) is 25.6 Å². The van der Waals surface area contributed by atoms with Crippen molar-refractivity contribution in [3.8, 4) is 5.88 Å². The van der Waals surface area contributed by atoms with E-state index in [-0.39, 0.29) is 31.2 Å². The maximum atomic E-state index is 13.3. The van der Waals surface area contributed by atoms with Crippen LogP contribution in [0.15, 0.2) is 30.5 Å². The lowest BCUT2D eigenvalue weighted by Gasteiger charge is -2.30. The van der Waals surface area contributed by atoms with Crippen LogP contribution in [0.5, 0.6) is 5.88 Å². The summed E-state index contributed by atoms with van der Waals surface area (Å²) >= 11 is 0. The number of para-hydroxylation sites is 1. The van der Waals surface area contributed by atoms with Gasteiger partial charge in [0.2, 0.25) is 11.8 Å². The third-order valence-corrected chi connectivity index (χ3v) is 5.65. The molecule has 31 heavy (non-hydrogen) atoms. The van der Waals surface area contributed by atoms with Crippen molar-refractivity contribution in [3.63, 3.8) is 0 Å². The SMILES string of the molecule is FC(F)(F)c1cnc(N[C@@H]2CCC[C@@H](n3nnc4ccccc43)C2)nc1OC1COC1. The third kappa shape index (κ3) is 4.14. The van der Waals surface area contributed by atoms with Gasteiger partial charge in [-0.25, -0.2) is 9.67 Å². The summed E-state index contributed by atoms with van der Waals surface area (Å²) in [6.07, 6.45) is -0.749. The van der Waals surface area contributed by atoms with E-state index in [9.17, 15) is 13.2 Å². The van der Waals surface area contributed by atoms with E-state index >= 15 is 0 Å². The van der Waals surface area contributed by atoms with E-state index in [0.717, 1.165) is 42.9 Å². The van der Waals surface area contributed by atoms with Crippen molar-refractivity contribution in [2.45, 2.75) is 50.0 Å². The molecule has 1 saturated heterocycles. The molecule has 0 amide bonds. The Morgan fingerprint density at radius 3 is 2.77 bits per heavy atom. The fraction of sp³-hybridized carbons (Fsp3) is 0.500. The molecule has 0 bridgehead atoms. The van der Waals surface area contributed by atoms with Crippen molar-refractivity contribution in [2.75, 3.05) is 18.5 Å². The zero-order valence-electron chi connectivity index (χ0n) is 16.5. The Bertz CT molecular complexity index is 1070. The summed E-state index contributed by atoms with van der Waals surface area (Å²) in [5.41, 5.74) is 0.823. The summed E-state index contributed by atoms with van der Waals surface area (Å²) < 4.78 is 52.3. The summed E-state index contributed by atoms with van der Waals surface area (Å²) in [7, 11) is 0. The molecule has 1 N–H and O–H groups in total. The molecule has 5 rings (SSSR count). The van der Waals surface area contributed by atoms with E-state index in [1.165, 1.54) is 0 Å². The molecule has 1 aliphatic heterocycles. The van der Waals surface area contributed by atoms with Crippen LogP contribution in [0, 0.1) is 0 Å². The molecule has 1 saturated carbocycles. The van der Waals surface area contributed by atoms with Crippen molar-refractivity contribution in [2.24, 2.45) is 0 Å². The van der Waals surface area contributed by atoms with E-state index in [1.54, 1.807) is 0 Å². The minimum absolute atomic E-state index is 0.00154. The molecule has 1 aromatic carbocycles. The van der Waals surface area contributed by atoms with Crippen molar-refractivity contribution >= 4 is 17.0 Å². The predicted molar refractivity (Wildman–Crippen MR) is 105 cm³/mol. The van der Waals surface area contributed by atoms with Crippen molar-refractivity contribution in [3.05, 3.63) is 36.0 Å². The number of fused-ring (bicyclic) bond motifs is 1. The number of nitrogens with zero attached hydrogens (tertiary/aromatic N) is 5. The number of halogens is 3. The van der Waals surface area contributed by atoms with Crippen LogP contribution in [0.1, 0.15) is 37.3 Å². The van der Waals surface area contributed by atoms with Crippen LogP contribution in [0.4, 0.5) is 19.1 Å². The number of nitrogens with one attached hydrogen (secondary N) is 1. The lowest BCUT2D eigenvalue weighted by molar-refractivity contribution is -0.142. The summed E-state index contributed by atoms with van der Waals surface area (Å²) in [4.78, 5) is 7.94. The third-order valence-electron chi connectivity index (χ3n) is 5.65. The maximum Gasteiger partial charge on any atom is 0.423 e. The number of alkyl halides is 3. The Morgan fingerprint density at radius 2 is 2.00 bits per heavy atom. The Labute approximate surface area is 175 Å². The highest BCUT2D eigenvalue weighted by molar-refractivity contribution is 5.74. The van der Waals surface area contributed by atoms with Crippen LogP contribution in [0.2, 0.25) is 0 Å². The molecule has 0 unspecified atom stereocenters. The standard InChI is InChI=1S/C20H21F3N6O2/c21-20(22,23)15-9-24-19(26-18(15)31-14-10-30-11-14)25-12-4-3-5-13(8-12)29-17-7-2-1-6-16(17)27-28-29/h1-2,6-7,9,12-14H,3-5,8,10-11H2,(H,24,25,26)/t12-,13-/m1/s1. The second-order valence-electron chi connectivity index (χ2n) is 7.87. The van der Waals surface area contributed by atoms with Gasteiger partial charge in [-0.3, -0.25) is 0 Å². The maximum absolute atomic E-state index is 13.3. The first-order valence-electron chi connectivity index (χ1n) is 10.2. The molecule has 164 valence electrons. The van der Waals surface area contributed by atoms with Gasteiger partial charge in [0, 0.05) is 12.2 Å². The minimum atomic E-state index is -4.59. The summed E-state index contributed by atoms with van der Waals surface area (Å²) in [5.74, 6) is -0.342. The first kappa shape index (κ1) is 20.0. The van der Waals surface area contributed by atoms with Crippen LogP contribution >= 0.6 is 0 Å². The molecule has 11 heteroatoms. The second kappa shape index (κ2) is 7.95. The number of anilines is 1. The zero-order valence-corrected chi connectivity index (χ0v) is 16.5. The van der Waals surface area contributed by atoms with Gasteiger partial charge in [0.05, 0.1) is 24.8 Å². The number of hydrogen-bond acceptors (Lipinski definition) is 7. The average Bonchev–Trinajstić information content (AvgIpc) is 3.14. The van der Waals surface area contributed by atoms with Gasteiger partial charge in [-0.1, -0.05) is 17.3 Å². The monoisotopic (exact) mass is 434 g/mol. The smallest absolute Gasteiger partial charge is 0.423 e. The van der Waals surface area contributed by atoms with Crippen LogP contribution in [-0.2, 0) is 10.9 Å². The van der Waals surface area contributed by atoms with Gasteiger partial charge >= 0.3 is 6.18 Å². The molecule has 2 fully saturated rings. The van der Waals surface area contributed by atoms with Gasteiger partial charge in [-0.15, -0.1) is 5.10 Å². The first-order chi connectivity index (χ1) is 15.0. The Hall–Kier alpha value is -2.95. The van der Waals surface area contributed by atoms with Crippen LogP contribution in [0.25, 0.3) is 11.0 Å². The van der Waals surface area contributed by atoms with Crippen molar-refractivity contribution in [1.82, 2.24) is 25.0 Å². The highest BCUT2D eigenvalue weighted by atomic mass is 19.4. The van der Waals surface area contributed by atoms with Crippen LogP contribution < -0.4 is 10.1 Å². The lowest BCUT2D eigenvalue weighted by Crippen LogP contribution is -2.39. The topological polar surface area (TPSA) is 87.0 Å². The van der Waals surface area contributed by atoms with Gasteiger partial charge in [-0.05, 0) is 37.8 Å². The van der Waals surface area contributed by atoms with Crippen molar-refractivity contribution in [1.29, 1.82) is 0 Å². The van der Waals surface area contributed by atoms with E-state index in [1.807, 2.05) is 28.9 Å². The average molecular weight is 434 g/mol. The second-order valence-corrected chi connectivity index (χ2v) is 7.87. The molecule has 2 aliphatic rings. The van der Waals surface area contributed by atoms with Gasteiger partial charge in [0.15, 0.2) is 0 Å². The van der Waals surface area contributed by atoms with Crippen LogP contribution in [0.3, 0.4) is 0 Å². The summed E-state index contributed by atoms with van der Waals surface area (Å²) in [6, 6.07) is 7.91. The number of hydrogen-bond donors (Lipinski definition) is 1. The van der Waals surface area contributed by atoms with Gasteiger partial charge < -0.3 is 14.8 Å². The van der Waals surface area contributed by atoms with E-state index in [0.29, 0.717) is 0 Å². The number of rotatable bonds is 5. The fourth-order valence-electron chi connectivity index (χ4n) is 4.02. The number of ether oxygens (including phenoxy) is 2. The molecule has 0 spiro atoms. The molecule has 3 aromatic rings. The van der Waals surface area contributed by atoms with E-state index in [4.69, 9.17) is 9.47 Å². The Balaban J connectivity index is 1.33. The summed E-state index contributed by atoms with van der Waals surface area (Å²) in [5, 5.41) is 11.7. The largest absolute Gasteiger partial charge is 0.469 e. The molecule has 3 heterocycles. The molecule has 8 nitrogen and oxygen atoms in total. The summed E-state index contributed by atoms with van der Waals surface area (Å²) in [6.45, 7) is 0.500. The molecular formula is C20H21F3N6O2. The van der Waals surface area contributed by atoms with Crippen LogP contribution in [-0.4, -0.2) is 50.3 Å². The van der Waals surface area contributed by atoms with Crippen molar-refractivity contribution < 1.29 is 22.6 Å². The minimum Gasteiger partial charge on any atom is -0.469 e. The highest BCUT2D eigenvalue weighted by Crippen LogP contribution is 2.37. The zero-order chi connectivity index (χ0) is 21.4. The first-order valence-corrected chi connectivity index (χ1v) is 10.2. The predicted octanol–water partition coefficient (Wildman–Crippen LogP) is 3.61. The lowest BCUT2D eigenvalue weighted by atomic mass is 9.91. The quantitative estimate of drug-likeness (QED) is 0.656. The number of aromatic nitrogens is 5. The van der Waals surface area contributed by atoms with E-state index < -0.39 is 23.7 Å². The number of benzene rings is 1. The van der Waals surface area contributed by atoms with Gasteiger partial charge in [-0.2, -0.15) is 18.2 Å². The molecule has 2 aromatic heterocycles. The normalized spacial score (nSPS) is 22.3. The molecule has 2 atom stereocenters.